The molecule has 16 rings (SSSR count). The molecule has 0 aromatic heterocycles. The van der Waals surface area contributed by atoms with E-state index in [1.807, 2.05) is 146 Å². The van der Waals surface area contributed by atoms with Crippen LogP contribution in [0.15, 0.2) is 223 Å². The van der Waals surface area contributed by atoms with Crippen molar-refractivity contribution >= 4 is 105 Å². The quantitative estimate of drug-likeness (QED) is 0.124. The van der Waals surface area contributed by atoms with Crippen LogP contribution >= 0.6 is 15.9 Å². The summed E-state index contributed by atoms with van der Waals surface area (Å²) in [6, 6.07) is 72.6. The molecule has 3 fully saturated rings. The molecular formula is C75H59BrO8. The van der Waals surface area contributed by atoms with Gasteiger partial charge in [0.2, 0.25) is 0 Å². The summed E-state index contributed by atoms with van der Waals surface area (Å²) in [4.78, 5) is 48.8. The van der Waals surface area contributed by atoms with Crippen molar-refractivity contribution in [3.05, 3.63) is 262 Å². The molecule has 0 atom stereocenters. The van der Waals surface area contributed by atoms with E-state index in [1.54, 1.807) is 0 Å². The molecule has 8 nitrogen and oxygen atoms in total. The second-order valence-electron chi connectivity index (χ2n) is 21.1. The molecule has 0 bridgehead atoms. The third-order valence-electron chi connectivity index (χ3n) is 15.7. The molecule has 0 unspecified atom stereocenters. The fourth-order valence-electron chi connectivity index (χ4n) is 11.4. The molecule has 0 N–H and O–H groups in total. The number of rotatable bonds is 5. The van der Waals surface area contributed by atoms with Crippen LogP contribution in [0.5, 0.6) is 0 Å². The van der Waals surface area contributed by atoms with Gasteiger partial charge in [0.1, 0.15) is 12.6 Å². The number of hydrogen-bond donors (Lipinski definition) is 0. The van der Waals surface area contributed by atoms with E-state index in [0.29, 0.717) is 46.6 Å². The van der Waals surface area contributed by atoms with E-state index in [0.717, 1.165) is 114 Å². The molecule has 12 aromatic rings. The van der Waals surface area contributed by atoms with Crippen molar-refractivity contribution in [2.45, 2.75) is 32.0 Å². The molecule has 84 heavy (non-hydrogen) atoms. The van der Waals surface area contributed by atoms with Gasteiger partial charge in [-0.2, -0.15) is 0 Å². The Kier molecular flexibility index (Phi) is 17.1. The van der Waals surface area contributed by atoms with Crippen LogP contribution in [0.2, 0.25) is 0 Å². The van der Waals surface area contributed by atoms with Crippen molar-refractivity contribution in [3.8, 4) is 22.3 Å². The Labute approximate surface area is 495 Å². The van der Waals surface area contributed by atoms with E-state index in [9.17, 15) is 19.2 Å². The van der Waals surface area contributed by atoms with Gasteiger partial charge in [-0.3, -0.25) is 19.2 Å². The van der Waals surface area contributed by atoms with Crippen LogP contribution in [0, 0.1) is 0 Å². The lowest BCUT2D eigenvalue weighted by molar-refractivity contribution is -0.0441. The third kappa shape index (κ3) is 12.0. The molecule has 0 spiro atoms. The number of fused-ring (bicyclic) bond motifs is 8. The predicted octanol–water partition coefficient (Wildman–Crippen LogP) is 18.1. The minimum atomic E-state index is -0.155. The van der Waals surface area contributed by atoms with E-state index in [4.69, 9.17) is 18.9 Å². The molecule has 4 aliphatic rings. The molecule has 3 aliphatic heterocycles. The average molecular weight is 1170 g/mol. The number of carbonyl (C=O) groups excluding carboxylic acids is 4. The number of ether oxygens (including phenoxy) is 4. The van der Waals surface area contributed by atoms with Gasteiger partial charge in [-0.15, -0.1) is 0 Å². The Balaban J connectivity index is 0.000000126. The summed E-state index contributed by atoms with van der Waals surface area (Å²) >= 11 is 3.37. The van der Waals surface area contributed by atoms with Gasteiger partial charge >= 0.3 is 0 Å². The molecule has 1 aliphatic carbocycles. The fourth-order valence-corrected chi connectivity index (χ4v) is 11.7. The van der Waals surface area contributed by atoms with Gasteiger partial charge in [0, 0.05) is 69.8 Å². The van der Waals surface area contributed by atoms with Crippen molar-refractivity contribution in [2.24, 2.45) is 0 Å². The summed E-state index contributed by atoms with van der Waals surface area (Å²) in [5, 5.41) is 13.2. The van der Waals surface area contributed by atoms with Crippen LogP contribution < -0.4 is 0 Å². The molecule has 3 heterocycles. The Bertz CT molecular complexity index is 3950. The minimum Gasteiger partial charge on any atom is -0.381 e. The van der Waals surface area contributed by atoms with Crippen LogP contribution in [-0.4, -0.2) is 63.8 Å². The molecule has 0 amide bonds. The van der Waals surface area contributed by atoms with E-state index in [-0.39, 0.29) is 17.9 Å². The van der Waals surface area contributed by atoms with Crippen LogP contribution in [0.4, 0.5) is 0 Å². The van der Waals surface area contributed by atoms with E-state index >= 15 is 0 Å². The standard InChI is InChI=1S/C36H22O2.C22H12O2.C9H9BrO2.2C4H8O/c37-21-23-9-13-25(14-10-23)35-31-17-27-5-1-2-6-28(27)18-32(31)36(26-15-11-24(22-38)12-16-26)34-20-30-8-4-3-7-29(30)19-33(34)35;23-21-17-9-13-5-1-2-6-14(13)10-18(17)22(24)20-12-16-8-4-3-7-15(16)11-19(20)21;10-8-3-1-7(2-4-8)9-11-5-6-12-9;2*1-2-4-5-3-1/h1-22H;1-12H;1-4,9H,5-6H2;2*1-4H2. The molecule has 3 saturated heterocycles. The summed E-state index contributed by atoms with van der Waals surface area (Å²) in [7, 11) is 0. The maximum atomic E-state index is 13.0. The van der Waals surface area contributed by atoms with Gasteiger partial charge < -0.3 is 18.9 Å². The molecule has 9 heteroatoms. The van der Waals surface area contributed by atoms with Gasteiger partial charge in [-0.1, -0.05) is 174 Å². The largest absolute Gasteiger partial charge is 0.381 e. The first-order valence-corrected chi connectivity index (χ1v) is 29.3. The SMILES string of the molecule is Brc1ccc(C2OCCO2)cc1.C1CCOC1.C1CCOC1.O=C1c2cc3ccccc3cc2C(=O)c2cc3ccccc3cc21.O=Cc1ccc(-c2c3cc4ccccc4cc3c(-c3ccc(C=O)cc3)c3cc4ccccc4cc23)cc1. The van der Waals surface area contributed by atoms with Crippen molar-refractivity contribution in [2.75, 3.05) is 39.6 Å². The maximum absolute atomic E-state index is 13.0. The summed E-state index contributed by atoms with van der Waals surface area (Å²) < 4.78 is 21.6. The Morgan fingerprint density at radius 1 is 0.345 bits per heavy atom. The average Bonchev–Trinajstić information content (AvgIpc) is 2.28. The minimum absolute atomic E-state index is 0.0730. The third-order valence-corrected chi connectivity index (χ3v) is 16.2. The topological polar surface area (TPSA) is 105 Å². The summed E-state index contributed by atoms with van der Waals surface area (Å²) in [6.45, 7) is 5.39. The second-order valence-corrected chi connectivity index (χ2v) is 22.0. The second kappa shape index (κ2) is 25.8. The molecular weight excluding hydrogens is 1110 g/mol. The highest BCUT2D eigenvalue weighted by Crippen LogP contribution is 2.46. The highest BCUT2D eigenvalue weighted by Gasteiger charge is 2.30. The zero-order valence-corrected chi connectivity index (χ0v) is 47.8. The summed E-state index contributed by atoms with van der Waals surface area (Å²) in [6.07, 6.45) is 6.72. The Morgan fingerprint density at radius 2 is 0.631 bits per heavy atom. The van der Waals surface area contributed by atoms with Gasteiger partial charge in [0.25, 0.3) is 0 Å². The molecule has 414 valence electrons. The highest BCUT2D eigenvalue weighted by atomic mass is 79.9. The molecule has 0 radical (unpaired) electrons. The van der Waals surface area contributed by atoms with Gasteiger partial charge in [0.05, 0.1) is 13.2 Å². The number of carbonyl (C=O) groups is 4. The summed E-state index contributed by atoms with van der Waals surface area (Å²) in [5.41, 5.74) is 8.84. The lowest BCUT2D eigenvalue weighted by Crippen LogP contribution is -2.20. The van der Waals surface area contributed by atoms with E-state index in [2.05, 4.69) is 88.7 Å². The first-order valence-electron chi connectivity index (χ1n) is 28.5. The smallest absolute Gasteiger partial charge is 0.194 e. The molecule has 0 saturated carbocycles. The number of ketones is 2. The highest BCUT2D eigenvalue weighted by molar-refractivity contribution is 9.10. The maximum Gasteiger partial charge on any atom is 0.194 e. The van der Waals surface area contributed by atoms with Gasteiger partial charge in [0.15, 0.2) is 17.9 Å². The predicted molar refractivity (Wildman–Crippen MR) is 342 cm³/mol. The van der Waals surface area contributed by atoms with Crippen molar-refractivity contribution < 1.29 is 38.1 Å². The van der Waals surface area contributed by atoms with Crippen molar-refractivity contribution in [1.29, 1.82) is 0 Å². The zero-order valence-electron chi connectivity index (χ0n) is 46.2. The number of benzene rings is 12. The fraction of sp³-hybridized carbons (Fsp3) is 0.147. The van der Waals surface area contributed by atoms with Crippen molar-refractivity contribution in [1.82, 2.24) is 0 Å². The number of aldehydes is 2. The van der Waals surface area contributed by atoms with Crippen LogP contribution in [0.1, 0.15) is 90.1 Å². The van der Waals surface area contributed by atoms with Crippen LogP contribution in [0.3, 0.4) is 0 Å². The van der Waals surface area contributed by atoms with Crippen molar-refractivity contribution in [3.63, 3.8) is 0 Å². The first kappa shape index (κ1) is 55.7. The molecule has 12 aromatic carbocycles. The Hall–Kier alpha value is -8.80. The number of hydrogen-bond acceptors (Lipinski definition) is 8. The Morgan fingerprint density at radius 3 is 0.893 bits per heavy atom. The van der Waals surface area contributed by atoms with Crippen LogP contribution in [-0.2, 0) is 18.9 Å². The van der Waals surface area contributed by atoms with E-state index in [1.165, 1.54) is 47.2 Å². The normalized spacial score (nSPS) is 14.4. The monoisotopic (exact) mass is 1170 g/mol. The lowest BCUT2D eigenvalue weighted by Gasteiger charge is -2.19. The lowest BCUT2D eigenvalue weighted by atomic mass is 9.81. The van der Waals surface area contributed by atoms with Gasteiger partial charge in [-0.05, 0) is 173 Å². The summed E-state index contributed by atoms with van der Waals surface area (Å²) in [5.74, 6) is -0.146. The van der Waals surface area contributed by atoms with Gasteiger partial charge in [-0.25, -0.2) is 0 Å². The van der Waals surface area contributed by atoms with E-state index < -0.39 is 0 Å². The first-order chi connectivity index (χ1) is 41.3. The zero-order chi connectivity index (χ0) is 57.4. The number of halogens is 1. The van der Waals surface area contributed by atoms with Crippen LogP contribution in [0.25, 0.3) is 86.9 Å².